The Morgan fingerprint density at radius 1 is 1.06 bits per heavy atom. The van der Waals surface area contributed by atoms with Crippen LogP contribution in [-0.2, 0) is 0 Å². The molecule has 0 amide bonds. The maximum absolute atomic E-state index is 10.3. The van der Waals surface area contributed by atoms with Crippen molar-refractivity contribution < 1.29 is 19.1 Å². The highest BCUT2D eigenvalue weighted by Crippen LogP contribution is 2.35. The van der Waals surface area contributed by atoms with Crippen LogP contribution in [0, 0.1) is 10.1 Å². The van der Waals surface area contributed by atoms with Crippen LogP contribution in [-0.4, -0.2) is 26.3 Å². The number of methoxy groups -OCH3 is 3. The number of ether oxygens (including phenoxy) is 3. The summed E-state index contributed by atoms with van der Waals surface area (Å²) < 4.78 is 15.3. The van der Waals surface area contributed by atoms with Crippen LogP contribution in [0.5, 0.6) is 17.2 Å². The minimum Gasteiger partial charge on any atom is -0.496 e. The molecule has 0 aromatic heterocycles. The van der Waals surface area contributed by atoms with Crippen molar-refractivity contribution in [3.05, 3.63) is 34.0 Å². The lowest BCUT2D eigenvalue weighted by molar-refractivity contribution is -0.400. The van der Waals surface area contributed by atoms with E-state index in [9.17, 15) is 10.1 Å². The first-order valence-corrected chi connectivity index (χ1v) is 4.74. The molecule has 0 spiro atoms. The average Bonchev–Trinajstić information content (AvgIpc) is 2.34. The first kappa shape index (κ1) is 12.8. The van der Waals surface area contributed by atoms with Crippen LogP contribution in [0.4, 0.5) is 0 Å². The molecule has 0 aliphatic rings. The molecule has 0 aliphatic carbocycles. The summed E-state index contributed by atoms with van der Waals surface area (Å²) in [6.07, 6.45) is 2.17. The third-order valence-electron chi connectivity index (χ3n) is 2.11. The molecule has 0 fully saturated rings. The van der Waals surface area contributed by atoms with Gasteiger partial charge in [-0.15, -0.1) is 0 Å². The van der Waals surface area contributed by atoms with Crippen molar-refractivity contribution in [2.75, 3.05) is 21.3 Å². The number of benzene rings is 1. The lowest BCUT2D eigenvalue weighted by Crippen LogP contribution is -1.94. The molecule has 0 heterocycles. The highest BCUT2D eigenvalue weighted by Gasteiger charge is 2.10. The largest absolute Gasteiger partial charge is 0.496 e. The second kappa shape index (κ2) is 5.74. The Kier molecular flexibility index (Phi) is 4.33. The Labute approximate surface area is 98.6 Å². The summed E-state index contributed by atoms with van der Waals surface area (Å²) in [6, 6.07) is 3.22. The fourth-order valence-electron chi connectivity index (χ4n) is 1.32. The Bertz CT molecular complexity index is 442. The monoisotopic (exact) mass is 239 g/mol. The Morgan fingerprint density at radius 2 is 1.59 bits per heavy atom. The number of nitro groups is 1. The highest BCUT2D eigenvalue weighted by molar-refractivity contribution is 5.62. The van der Waals surface area contributed by atoms with Gasteiger partial charge in [0.05, 0.1) is 26.3 Å². The van der Waals surface area contributed by atoms with Gasteiger partial charge < -0.3 is 14.2 Å². The highest BCUT2D eigenvalue weighted by atomic mass is 16.6. The molecule has 1 aromatic carbocycles. The topological polar surface area (TPSA) is 70.8 Å². The van der Waals surface area contributed by atoms with Gasteiger partial charge in [-0.25, -0.2) is 0 Å². The van der Waals surface area contributed by atoms with Gasteiger partial charge in [-0.2, -0.15) is 0 Å². The zero-order valence-electron chi connectivity index (χ0n) is 9.80. The third kappa shape index (κ3) is 3.10. The molecule has 1 aromatic rings. The minimum atomic E-state index is -0.545. The number of nitrogens with zero attached hydrogens (tertiary/aromatic N) is 1. The van der Waals surface area contributed by atoms with E-state index in [-0.39, 0.29) is 0 Å². The summed E-state index contributed by atoms with van der Waals surface area (Å²) in [5.74, 6) is 1.46. The Balaban J connectivity index is 3.23. The number of hydrogen-bond acceptors (Lipinski definition) is 5. The molecule has 0 bridgehead atoms. The molecule has 0 unspecified atom stereocenters. The van der Waals surface area contributed by atoms with E-state index in [1.165, 1.54) is 27.4 Å². The lowest BCUT2D eigenvalue weighted by atomic mass is 10.1. The van der Waals surface area contributed by atoms with Crippen LogP contribution in [0.2, 0.25) is 0 Å². The summed E-state index contributed by atoms with van der Waals surface area (Å²) in [5.41, 5.74) is 0.543. The molecule has 0 saturated carbocycles. The average molecular weight is 239 g/mol. The predicted octanol–water partition coefficient (Wildman–Crippen LogP) is 1.96. The van der Waals surface area contributed by atoms with Gasteiger partial charge in [-0.3, -0.25) is 10.1 Å². The third-order valence-corrected chi connectivity index (χ3v) is 2.11. The molecule has 92 valence electrons. The molecule has 6 nitrogen and oxygen atoms in total. The van der Waals surface area contributed by atoms with Crippen LogP contribution in [0.3, 0.4) is 0 Å². The van der Waals surface area contributed by atoms with Crippen molar-refractivity contribution in [1.29, 1.82) is 0 Å². The van der Waals surface area contributed by atoms with Crippen molar-refractivity contribution in [2.24, 2.45) is 0 Å². The zero-order valence-corrected chi connectivity index (χ0v) is 9.80. The van der Waals surface area contributed by atoms with E-state index in [0.717, 1.165) is 6.20 Å². The normalized spacial score (nSPS) is 10.3. The molecule has 6 heteroatoms. The maximum Gasteiger partial charge on any atom is 0.235 e. The van der Waals surface area contributed by atoms with Gasteiger partial charge in [0, 0.05) is 17.7 Å². The van der Waals surface area contributed by atoms with Crippen molar-refractivity contribution in [1.82, 2.24) is 0 Å². The number of rotatable bonds is 5. The Morgan fingerprint density at radius 3 is 2.06 bits per heavy atom. The van der Waals surface area contributed by atoms with E-state index in [4.69, 9.17) is 14.2 Å². The summed E-state index contributed by atoms with van der Waals surface area (Å²) in [6.45, 7) is 0. The van der Waals surface area contributed by atoms with Crippen LogP contribution in [0.25, 0.3) is 6.08 Å². The molecule has 0 atom stereocenters. The molecule has 17 heavy (non-hydrogen) atoms. The fraction of sp³-hybridized carbons (Fsp3) is 0.273. The summed E-state index contributed by atoms with van der Waals surface area (Å²) in [7, 11) is 4.47. The molecule has 1 rings (SSSR count). The Hall–Kier alpha value is -2.24. The van der Waals surface area contributed by atoms with E-state index in [0.29, 0.717) is 22.8 Å². The van der Waals surface area contributed by atoms with Gasteiger partial charge in [0.2, 0.25) is 6.20 Å². The summed E-state index contributed by atoms with van der Waals surface area (Å²) in [5, 5.41) is 10.3. The standard InChI is InChI=1S/C11H13NO5/c1-15-9-7-11(17-3)10(16-2)6-8(9)4-5-12(13)14/h4-7H,1-3H3/b5-4-. The van der Waals surface area contributed by atoms with Gasteiger partial charge in [0.25, 0.3) is 0 Å². The van der Waals surface area contributed by atoms with Gasteiger partial charge >= 0.3 is 0 Å². The minimum absolute atomic E-state index is 0.473. The zero-order chi connectivity index (χ0) is 12.8. The van der Waals surface area contributed by atoms with Crippen molar-refractivity contribution in [2.45, 2.75) is 0 Å². The first-order valence-electron chi connectivity index (χ1n) is 4.74. The van der Waals surface area contributed by atoms with Gasteiger partial charge in [-0.1, -0.05) is 0 Å². The van der Waals surface area contributed by atoms with Crippen LogP contribution < -0.4 is 14.2 Å². The predicted molar refractivity (Wildman–Crippen MR) is 62.1 cm³/mol. The summed E-state index contributed by atoms with van der Waals surface area (Å²) >= 11 is 0. The number of hydrogen-bond donors (Lipinski definition) is 0. The molecule has 0 radical (unpaired) electrons. The molecule has 0 saturated heterocycles. The lowest BCUT2D eigenvalue weighted by Gasteiger charge is -2.11. The van der Waals surface area contributed by atoms with E-state index in [2.05, 4.69) is 0 Å². The molecule has 0 N–H and O–H groups in total. The van der Waals surface area contributed by atoms with Crippen molar-refractivity contribution in [3.63, 3.8) is 0 Å². The van der Waals surface area contributed by atoms with Crippen molar-refractivity contribution in [3.8, 4) is 17.2 Å². The van der Waals surface area contributed by atoms with E-state index in [1.807, 2.05) is 0 Å². The van der Waals surface area contributed by atoms with Crippen LogP contribution >= 0.6 is 0 Å². The van der Waals surface area contributed by atoms with Crippen molar-refractivity contribution >= 4 is 6.08 Å². The summed E-state index contributed by atoms with van der Waals surface area (Å²) in [4.78, 5) is 9.73. The smallest absolute Gasteiger partial charge is 0.235 e. The first-order chi connectivity index (χ1) is 8.12. The van der Waals surface area contributed by atoms with Crippen LogP contribution in [0.15, 0.2) is 18.3 Å². The van der Waals surface area contributed by atoms with Gasteiger partial charge in [0.1, 0.15) is 5.75 Å². The van der Waals surface area contributed by atoms with Gasteiger partial charge in [-0.05, 0) is 6.07 Å². The molecule has 0 aliphatic heterocycles. The maximum atomic E-state index is 10.3. The molecular formula is C11H13NO5. The second-order valence-electron chi connectivity index (χ2n) is 3.05. The van der Waals surface area contributed by atoms with E-state index < -0.39 is 4.92 Å². The second-order valence-corrected chi connectivity index (χ2v) is 3.05. The quantitative estimate of drug-likeness (QED) is 0.580. The van der Waals surface area contributed by atoms with Gasteiger partial charge in [0.15, 0.2) is 11.5 Å². The van der Waals surface area contributed by atoms with E-state index in [1.54, 1.807) is 12.1 Å². The molecular weight excluding hydrogens is 226 g/mol. The van der Waals surface area contributed by atoms with Crippen LogP contribution in [0.1, 0.15) is 5.56 Å². The fourth-order valence-corrected chi connectivity index (χ4v) is 1.32. The van der Waals surface area contributed by atoms with E-state index >= 15 is 0 Å². The SMILES string of the molecule is COc1cc(OC)c(OC)cc1/C=C\[N+](=O)[O-].